The minimum Gasteiger partial charge on any atom is -0.444 e. The Morgan fingerprint density at radius 2 is 1.86 bits per heavy atom. The van der Waals surface area contributed by atoms with Crippen LogP contribution >= 0.6 is 0 Å². The molecule has 2 aromatic heterocycles. The van der Waals surface area contributed by atoms with Crippen LogP contribution in [-0.4, -0.2) is 55.3 Å². The van der Waals surface area contributed by atoms with Gasteiger partial charge in [-0.1, -0.05) is 11.6 Å². The molecule has 1 aliphatic rings. The van der Waals surface area contributed by atoms with Gasteiger partial charge < -0.3 is 19.5 Å². The predicted molar refractivity (Wildman–Crippen MR) is 134 cm³/mol. The van der Waals surface area contributed by atoms with Gasteiger partial charge in [0, 0.05) is 32.7 Å². The Hall–Kier alpha value is -3.37. The van der Waals surface area contributed by atoms with Crippen molar-refractivity contribution in [2.75, 3.05) is 18.0 Å². The molecule has 192 valence electrons. The Bertz CT molecular complexity index is 1270. The molecule has 1 N–H and O–H groups in total. The number of amides is 1. The van der Waals surface area contributed by atoms with Crippen LogP contribution in [0.5, 0.6) is 0 Å². The number of carbonyl (C=O) groups is 2. The summed E-state index contributed by atoms with van der Waals surface area (Å²) in [5.74, 6) is 0.257. The molecule has 35 heavy (non-hydrogen) atoms. The molecule has 3 rings (SSSR count). The van der Waals surface area contributed by atoms with E-state index in [-0.39, 0.29) is 29.5 Å². The third-order valence-electron chi connectivity index (χ3n) is 5.70. The van der Waals surface area contributed by atoms with E-state index in [9.17, 15) is 19.2 Å². The number of aromatic nitrogens is 4. The first-order chi connectivity index (χ1) is 16.3. The molecular weight excluding hydrogens is 452 g/mol. The maximum Gasteiger partial charge on any atom is 0.407 e. The molecule has 0 aromatic carbocycles. The van der Waals surface area contributed by atoms with E-state index in [2.05, 4.69) is 5.32 Å². The Balaban J connectivity index is 2.07. The molecule has 0 aliphatic carbocycles. The fourth-order valence-electron chi connectivity index (χ4n) is 4.16. The molecule has 1 unspecified atom stereocenters. The normalized spacial score (nSPS) is 16.3. The molecule has 1 fully saturated rings. The number of hydrogen-bond acceptors (Lipinski definition) is 7. The van der Waals surface area contributed by atoms with Crippen molar-refractivity contribution < 1.29 is 14.3 Å². The second-order valence-electron chi connectivity index (χ2n) is 10.3. The third kappa shape index (κ3) is 6.01. The number of nitrogens with zero attached hydrogens (tertiary/aromatic N) is 5. The van der Waals surface area contributed by atoms with Gasteiger partial charge in [-0.2, -0.15) is 4.98 Å². The standard InChI is InChI=1S/C24H36N6O5/c1-15(2)10-12-29-18-19(27(7)23(34)30(20(18)32)13-16(3)31)26-21(29)28-11-8-9-17(14-28)25-22(33)35-24(4,5)6/h10,17H,8-9,11-14H2,1-7H3,(H,25,33). The molecule has 1 atom stereocenters. The summed E-state index contributed by atoms with van der Waals surface area (Å²) in [6.45, 7) is 11.9. The average molecular weight is 489 g/mol. The fourth-order valence-corrected chi connectivity index (χ4v) is 4.16. The molecule has 0 spiro atoms. The number of anilines is 1. The van der Waals surface area contributed by atoms with Crippen LogP contribution in [0, 0.1) is 0 Å². The molecule has 11 heteroatoms. The van der Waals surface area contributed by atoms with Gasteiger partial charge in [0.05, 0.1) is 6.54 Å². The van der Waals surface area contributed by atoms with Crippen molar-refractivity contribution in [3.05, 3.63) is 32.5 Å². The van der Waals surface area contributed by atoms with Crippen LogP contribution in [0.15, 0.2) is 21.2 Å². The maximum atomic E-state index is 13.4. The summed E-state index contributed by atoms with van der Waals surface area (Å²) in [7, 11) is 1.55. The second kappa shape index (κ2) is 10.1. The van der Waals surface area contributed by atoms with Gasteiger partial charge in [-0.25, -0.2) is 9.59 Å². The highest BCUT2D eigenvalue weighted by molar-refractivity contribution is 5.77. The smallest absolute Gasteiger partial charge is 0.407 e. The van der Waals surface area contributed by atoms with Crippen molar-refractivity contribution in [1.82, 2.24) is 24.0 Å². The van der Waals surface area contributed by atoms with Crippen LogP contribution in [0.2, 0.25) is 0 Å². The van der Waals surface area contributed by atoms with Crippen molar-refractivity contribution in [1.29, 1.82) is 0 Å². The third-order valence-corrected chi connectivity index (χ3v) is 5.70. The molecule has 0 saturated carbocycles. The molecule has 0 radical (unpaired) electrons. The topological polar surface area (TPSA) is 120 Å². The molecule has 3 heterocycles. The van der Waals surface area contributed by atoms with Gasteiger partial charge >= 0.3 is 11.8 Å². The zero-order valence-electron chi connectivity index (χ0n) is 21.7. The number of fused-ring (bicyclic) bond motifs is 1. The molecule has 1 aliphatic heterocycles. The van der Waals surface area contributed by atoms with Crippen molar-refractivity contribution >= 4 is 29.0 Å². The van der Waals surface area contributed by atoms with Crippen LogP contribution in [-0.2, 0) is 29.7 Å². The molecule has 0 bridgehead atoms. The lowest BCUT2D eigenvalue weighted by Crippen LogP contribution is -2.49. The maximum absolute atomic E-state index is 13.4. The summed E-state index contributed by atoms with van der Waals surface area (Å²) in [5, 5.41) is 2.93. The summed E-state index contributed by atoms with van der Waals surface area (Å²) in [6, 6.07) is -0.159. The Kier molecular flexibility index (Phi) is 7.56. The fraction of sp³-hybridized carbons (Fsp3) is 0.625. The number of ether oxygens (including phenoxy) is 1. The number of aryl methyl sites for hydroxylation is 1. The molecular formula is C24H36N6O5. The SMILES string of the molecule is CC(=O)Cn1c(=O)c2c(nc(N3CCCC(NC(=O)OC(C)(C)C)C3)n2CC=C(C)C)n(C)c1=O. The minimum atomic E-state index is -0.596. The van der Waals surface area contributed by atoms with E-state index in [4.69, 9.17) is 9.72 Å². The van der Waals surface area contributed by atoms with Gasteiger partial charge in [0.1, 0.15) is 11.4 Å². The van der Waals surface area contributed by atoms with Crippen LogP contribution in [0.1, 0.15) is 54.4 Å². The highest BCUT2D eigenvalue weighted by Gasteiger charge is 2.29. The van der Waals surface area contributed by atoms with Crippen LogP contribution in [0.4, 0.5) is 10.7 Å². The van der Waals surface area contributed by atoms with Crippen LogP contribution in [0.25, 0.3) is 11.2 Å². The summed E-state index contributed by atoms with van der Waals surface area (Å²) >= 11 is 0. The zero-order valence-corrected chi connectivity index (χ0v) is 21.7. The van der Waals surface area contributed by atoms with Crippen LogP contribution < -0.4 is 21.5 Å². The number of rotatable bonds is 6. The molecule has 11 nitrogen and oxygen atoms in total. The summed E-state index contributed by atoms with van der Waals surface area (Å²) in [5.41, 5.74) is -0.127. The number of nitrogens with one attached hydrogen (secondary N) is 1. The Morgan fingerprint density at radius 3 is 2.46 bits per heavy atom. The van der Waals surface area contributed by atoms with Crippen molar-refractivity contribution in [3.8, 4) is 0 Å². The average Bonchev–Trinajstić information content (AvgIpc) is 3.12. The highest BCUT2D eigenvalue weighted by Crippen LogP contribution is 2.24. The van der Waals surface area contributed by atoms with Crippen molar-refractivity contribution in [2.24, 2.45) is 7.05 Å². The van der Waals surface area contributed by atoms with Gasteiger partial charge in [0.15, 0.2) is 11.2 Å². The van der Waals surface area contributed by atoms with Gasteiger partial charge in [-0.3, -0.25) is 18.7 Å². The summed E-state index contributed by atoms with van der Waals surface area (Å²) in [4.78, 5) is 57.0. The number of allylic oxidation sites excluding steroid dienone is 2. The van der Waals surface area contributed by atoms with E-state index in [1.807, 2.05) is 45.6 Å². The van der Waals surface area contributed by atoms with Gasteiger partial charge in [-0.05, 0) is 54.4 Å². The lowest BCUT2D eigenvalue weighted by Gasteiger charge is -2.34. The van der Waals surface area contributed by atoms with Crippen molar-refractivity contribution in [3.63, 3.8) is 0 Å². The summed E-state index contributed by atoms with van der Waals surface area (Å²) in [6.07, 6.45) is 3.09. The number of ketones is 1. The number of Topliss-reactive ketones (excluding diaryl/α,β-unsaturated/α-hetero) is 1. The van der Waals surface area contributed by atoms with Gasteiger partial charge in [-0.15, -0.1) is 0 Å². The number of alkyl carbamates (subject to hydrolysis) is 1. The number of imidazole rings is 1. The first-order valence-electron chi connectivity index (χ1n) is 11.9. The number of piperidine rings is 1. The second-order valence-corrected chi connectivity index (χ2v) is 10.3. The highest BCUT2D eigenvalue weighted by atomic mass is 16.6. The van der Waals surface area contributed by atoms with Crippen molar-refractivity contribution in [2.45, 2.75) is 79.1 Å². The number of hydrogen-bond donors (Lipinski definition) is 1. The van der Waals surface area contributed by atoms with Gasteiger partial charge in [0.25, 0.3) is 5.56 Å². The molecule has 2 aromatic rings. The molecule has 1 saturated heterocycles. The Labute approximate surface area is 204 Å². The quantitative estimate of drug-likeness (QED) is 0.617. The van der Waals surface area contributed by atoms with E-state index in [0.29, 0.717) is 25.6 Å². The largest absolute Gasteiger partial charge is 0.444 e. The zero-order chi connectivity index (χ0) is 26.1. The van der Waals surface area contributed by atoms with E-state index < -0.39 is 22.9 Å². The van der Waals surface area contributed by atoms with E-state index in [1.54, 1.807) is 11.6 Å². The lowest BCUT2D eigenvalue weighted by molar-refractivity contribution is -0.117. The summed E-state index contributed by atoms with van der Waals surface area (Å²) < 4.78 is 9.45. The first-order valence-corrected chi connectivity index (χ1v) is 11.9. The first kappa shape index (κ1) is 26.2. The van der Waals surface area contributed by atoms with E-state index >= 15 is 0 Å². The Morgan fingerprint density at radius 1 is 1.17 bits per heavy atom. The van der Waals surface area contributed by atoms with Gasteiger partial charge in [0.2, 0.25) is 5.95 Å². The molecule has 1 amide bonds. The predicted octanol–water partition coefficient (Wildman–Crippen LogP) is 1.95. The minimum absolute atomic E-state index is 0.159. The van der Waals surface area contributed by atoms with E-state index in [0.717, 1.165) is 23.0 Å². The lowest BCUT2D eigenvalue weighted by atomic mass is 10.1. The van der Waals surface area contributed by atoms with E-state index in [1.165, 1.54) is 11.5 Å². The number of carbonyl (C=O) groups excluding carboxylic acids is 2. The monoisotopic (exact) mass is 488 g/mol. The van der Waals surface area contributed by atoms with Crippen LogP contribution in [0.3, 0.4) is 0 Å².